The van der Waals surface area contributed by atoms with E-state index in [9.17, 15) is 0 Å². The largest absolute Gasteiger partial charge is 0.397 e. The quantitative estimate of drug-likeness (QED) is 0.667. The van der Waals surface area contributed by atoms with Crippen LogP contribution in [-0.2, 0) is 26.2 Å². The van der Waals surface area contributed by atoms with Crippen LogP contribution in [0.1, 0.15) is 48.5 Å². The Morgan fingerprint density at radius 2 is 1.22 bits per heavy atom. The Labute approximate surface area is 132 Å². The van der Waals surface area contributed by atoms with Gasteiger partial charge in [0.2, 0.25) is 0 Å². The molecule has 1 aliphatic carbocycles. The van der Waals surface area contributed by atoms with Crippen LogP contribution in [0.15, 0.2) is 22.3 Å². The van der Waals surface area contributed by atoms with Crippen molar-refractivity contribution < 1.29 is 36.4 Å². The molecule has 3 heteroatoms. The molecule has 0 aliphatic heterocycles. The molecule has 0 bridgehead atoms. The van der Waals surface area contributed by atoms with Crippen molar-refractivity contribution in [1.82, 2.24) is 0 Å². The fourth-order valence-corrected chi connectivity index (χ4v) is 1.67. The Kier molecular flexibility index (Phi) is 14.2. The van der Waals surface area contributed by atoms with E-state index >= 15 is 0 Å². The van der Waals surface area contributed by atoms with Gasteiger partial charge in [0.05, 0.1) is 0 Å². The standard InChI is InChI=1S/C11H17.2C2H6O.Zr/c1-7-8(2)10(4)11(5,6)9(7)3;2*1-2-3;/h3H2,1-2,4-6H3;2*3H,2H2,1H3;/q-1;;;. The third-order valence-electron chi connectivity index (χ3n) is 3.27. The molecule has 0 spiro atoms. The van der Waals surface area contributed by atoms with E-state index in [4.69, 9.17) is 10.2 Å². The van der Waals surface area contributed by atoms with Crippen LogP contribution in [0.3, 0.4) is 0 Å². The molecule has 0 saturated heterocycles. The maximum absolute atomic E-state index is 7.57. The minimum atomic E-state index is 0. The van der Waals surface area contributed by atoms with Crippen LogP contribution in [0, 0.1) is 12.3 Å². The molecule has 0 atom stereocenters. The van der Waals surface area contributed by atoms with Crippen LogP contribution >= 0.6 is 0 Å². The molecule has 0 unspecified atom stereocenters. The molecular weight excluding hydrogens is 303 g/mol. The summed E-state index contributed by atoms with van der Waals surface area (Å²) >= 11 is 0. The third kappa shape index (κ3) is 6.36. The predicted octanol–water partition coefficient (Wildman–Crippen LogP) is 3.51. The van der Waals surface area contributed by atoms with Crippen LogP contribution in [0.5, 0.6) is 0 Å². The van der Waals surface area contributed by atoms with E-state index in [-0.39, 0.29) is 44.8 Å². The van der Waals surface area contributed by atoms with Gasteiger partial charge in [0.25, 0.3) is 0 Å². The van der Waals surface area contributed by atoms with Crippen LogP contribution < -0.4 is 0 Å². The van der Waals surface area contributed by atoms with Crippen molar-refractivity contribution in [2.24, 2.45) is 5.41 Å². The number of hydrogen-bond donors (Lipinski definition) is 2. The van der Waals surface area contributed by atoms with Gasteiger partial charge in [-0.15, -0.1) is 12.5 Å². The number of hydrogen-bond acceptors (Lipinski definition) is 2. The van der Waals surface area contributed by atoms with Crippen molar-refractivity contribution in [3.05, 3.63) is 29.2 Å². The van der Waals surface area contributed by atoms with Crippen molar-refractivity contribution in [3.63, 3.8) is 0 Å². The van der Waals surface area contributed by atoms with Crippen molar-refractivity contribution in [2.45, 2.75) is 48.5 Å². The second-order valence-electron chi connectivity index (χ2n) is 4.61. The fraction of sp³-hybridized carbons (Fsp3) is 0.667. The van der Waals surface area contributed by atoms with Gasteiger partial charge in [0, 0.05) is 39.4 Å². The molecule has 2 nitrogen and oxygen atoms in total. The molecule has 2 N–H and O–H groups in total. The first-order chi connectivity index (χ1) is 7.72. The van der Waals surface area contributed by atoms with Gasteiger partial charge in [0.15, 0.2) is 0 Å². The number of aliphatic hydroxyl groups excluding tert-OH is 2. The second-order valence-corrected chi connectivity index (χ2v) is 4.61. The summed E-state index contributed by atoms with van der Waals surface area (Å²) in [7, 11) is 0. The van der Waals surface area contributed by atoms with Crippen molar-refractivity contribution in [2.75, 3.05) is 13.2 Å². The van der Waals surface area contributed by atoms with Gasteiger partial charge in [-0.3, -0.25) is 0 Å². The minimum absolute atomic E-state index is 0. The Bertz CT molecular complexity index is 261. The van der Waals surface area contributed by atoms with E-state index in [0.29, 0.717) is 0 Å². The van der Waals surface area contributed by atoms with E-state index in [0.717, 1.165) is 0 Å². The summed E-state index contributed by atoms with van der Waals surface area (Å²) in [6.07, 6.45) is 0. The molecule has 0 saturated carbocycles. The van der Waals surface area contributed by atoms with Crippen LogP contribution in [-0.4, -0.2) is 23.4 Å². The molecule has 0 radical (unpaired) electrons. The van der Waals surface area contributed by atoms with E-state index in [2.05, 4.69) is 41.5 Å². The summed E-state index contributed by atoms with van der Waals surface area (Å²) in [5.74, 6) is 0. The zero-order chi connectivity index (χ0) is 14.2. The monoisotopic (exact) mass is 331 g/mol. The Hall–Kier alpha value is 0.153. The van der Waals surface area contributed by atoms with Crippen LogP contribution in [0.25, 0.3) is 0 Å². The molecular formula is C15H29O2Zr-. The van der Waals surface area contributed by atoms with E-state index in [1.54, 1.807) is 13.8 Å². The number of allylic oxidation sites excluding steroid dienone is 4. The fourth-order valence-electron chi connectivity index (χ4n) is 1.67. The zero-order valence-corrected chi connectivity index (χ0v) is 15.5. The summed E-state index contributed by atoms with van der Waals surface area (Å²) in [4.78, 5) is 0. The van der Waals surface area contributed by atoms with Crippen LogP contribution in [0.4, 0.5) is 0 Å². The van der Waals surface area contributed by atoms with Crippen molar-refractivity contribution in [1.29, 1.82) is 0 Å². The average molecular weight is 333 g/mol. The van der Waals surface area contributed by atoms with Gasteiger partial charge >= 0.3 is 0 Å². The number of rotatable bonds is 0. The molecule has 1 rings (SSSR count). The van der Waals surface area contributed by atoms with E-state index < -0.39 is 0 Å². The number of aliphatic hydroxyl groups is 2. The van der Waals surface area contributed by atoms with E-state index in [1.807, 2.05) is 0 Å². The van der Waals surface area contributed by atoms with Gasteiger partial charge in [-0.1, -0.05) is 26.3 Å². The third-order valence-corrected chi connectivity index (χ3v) is 3.27. The summed E-state index contributed by atoms with van der Waals surface area (Å²) in [5, 5.41) is 15.1. The maximum Gasteiger partial charge on any atom is 0.0402 e. The molecule has 106 valence electrons. The second kappa shape index (κ2) is 11.0. The molecule has 0 fully saturated rings. The maximum atomic E-state index is 7.57. The Morgan fingerprint density at radius 1 is 0.944 bits per heavy atom. The summed E-state index contributed by atoms with van der Waals surface area (Å²) in [6.45, 7) is 19.0. The molecule has 0 aromatic rings. The first-order valence-electron chi connectivity index (χ1n) is 6.15. The Balaban J connectivity index is -0.000000276. The zero-order valence-electron chi connectivity index (χ0n) is 13.0. The normalized spacial score (nSPS) is 16.3. The topological polar surface area (TPSA) is 40.5 Å². The Morgan fingerprint density at radius 3 is 1.28 bits per heavy atom. The molecule has 0 amide bonds. The SMILES string of the molecule is CCO.CCO.[CH2-]C1=C(C)C(C)=C(C)C1(C)C.[Zr]. The summed E-state index contributed by atoms with van der Waals surface area (Å²) in [5.41, 5.74) is 5.77. The van der Waals surface area contributed by atoms with Crippen molar-refractivity contribution >= 4 is 0 Å². The van der Waals surface area contributed by atoms with Gasteiger partial charge in [-0.05, 0) is 26.2 Å². The summed E-state index contributed by atoms with van der Waals surface area (Å²) in [6, 6.07) is 0. The molecule has 18 heavy (non-hydrogen) atoms. The van der Waals surface area contributed by atoms with Gasteiger partial charge in [-0.2, -0.15) is 5.57 Å². The average Bonchev–Trinajstić information content (AvgIpc) is 2.37. The predicted molar refractivity (Wildman–Crippen MR) is 75.7 cm³/mol. The molecule has 0 aromatic carbocycles. The minimum Gasteiger partial charge on any atom is -0.397 e. The smallest absolute Gasteiger partial charge is 0.0402 e. The van der Waals surface area contributed by atoms with Crippen LogP contribution in [0.2, 0.25) is 0 Å². The van der Waals surface area contributed by atoms with Gasteiger partial charge < -0.3 is 10.2 Å². The van der Waals surface area contributed by atoms with E-state index in [1.165, 1.54) is 22.3 Å². The first kappa shape index (κ1) is 23.3. The van der Waals surface area contributed by atoms with Gasteiger partial charge in [0.1, 0.15) is 0 Å². The first-order valence-corrected chi connectivity index (χ1v) is 6.15. The summed E-state index contributed by atoms with van der Waals surface area (Å²) < 4.78 is 0. The molecule has 1 aliphatic rings. The molecule has 0 aromatic heterocycles. The molecule has 0 heterocycles. The van der Waals surface area contributed by atoms with Crippen molar-refractivity contribution in [3.8, 4) is 0 Å². The van der Waals surface area contributed by atoms with Gasteiger partial charge in [-0.25, -0.2) is 12.5 Å².